The average molecular weight is 286 g/mol. The molecule has 104 valence electrons. The molecule has 2 rings (SSSR count). The first kappa shape index (κ1) is 14.0. The van der Waals surface area contributed by atoms with E-state index in [1.807, 2.05) is 0 Å². The molecular formula is C12H15FN2O3S. The van der Waals surface area contributed by atoms with Gasteiger partial charge in [0.2, 0.25) is 15.9 Å². The minimum absolute atomic E-state index is 0.0848. The smallest absolute Gasteiger partial charge is 0.224 e. The summed E-state index contributed by atoms with van der Waals surface area (Å²) in [4.78, 5) is 12.8. The third-order valence-electron chi connectivity index (χ3n) is 2.93. The zero-order valence-electron chi connectivity index (χ0n) is 10.5. The van der Waals surface area contributed by atoms with Gasteiger partial charge in [-0.3, -0.25) is 4.79 Å². The number of hydrogen-bond acceptors (Lipinski definition) is 3. The van der Waals surface area contributed by atoms with Crippen LogP contribution in [-0.4, -0.2) is 38.9 Å². The number of halogens is 1. The van der Waals surface area contributed by atoms with Crippen LogP contribution in [0.25, 0.3) is 0 Å². The van der Waals surface area contributed by atoms with E-state index in [2.05, 4.69) is 4.72 Å². The number of nitrogens with zero attached hydrogens (tertiary/aromatic N) is 1. The molecule has 0 saturated carbocycles. The Morgan fingerprint density at radius 1 is 1.47 bits per heavy atom. The summed E-state index contributed by atoms with van der Waals surface area (Å²) < 4.78 is 39.3. The van der Waals surface area contributed by atoms with E-state index >= 15 is 0 Å². The number of nitrogens with one attached hydrogen (secondary N) is 1. The lowest BCUT2D eigenvalue weighted by molar-refractivity contribution is -0.126. The van der Waals surface area contributed by atoms with Crippen molar-refractivity contribution in [2.75, 3.05) is 13.6 Å². The molecular weight excluding hydrogens is 271 g/mol. The third kappa shape index (κ3) is 3.74. The highest BCUT2D eigenvalue weighted by molar-refractivity contribution is 7.88. The number of hydrogen-bond donors (Lipinski definition) is 1. The first-order valence-electron chi connectivity index (χ1n) is 5.84. The Hall–Kier alpha value is -1.47. The van der Waals surface area contributed by atoms with Crippen molar-refractivity contribution in [3.8, 4) is 0 Å². The van der Waals surface area contributed by atoms with E-state index in [0.717, 1.165) is 0 Å². The SMILES string of the molecule is CN1CC(NS(=O)(=O)Cc2cccc(F)c2)CC1=O. The lowest BCUT2D eigenvalue weighted by atomic mass is 10.2. The summed E-state index contributed by atoms with van der Waals surface area (Å²) in [5.41, 5.74) is 0.380. The second kappa shape index (κ2) is 5.26. The van der Waals surface area contributed by atoms with E-state index in [0.29, 0.717) is 12.1 Å². The Balaban J connectivity index is 2.01. The summed E-state index contributed by atoms with van der Waals surface area (Å²) in [6.07, 6.45) is 0.166. The molecule has 0 radical (unpaired) electrons. The van der Waals surface area contributed by atoms with E-state index in [1.165, 1.54) is 23.1 Å². The number of carbonyl (C=O) groups excluding carboxylic acids is 1. The fourth-order valence-electron chi connectivity index (χ4n) is 2.08. The van der Waals surface area contributed by atoms with Crippen LogP contribution in [0.3, 0.4) is 0 Å². The van der Waals surface area contributed by atoms with Gasteiger partial charge in [0.25, 0.3) is 0 Å². The Morgan fingerprint density at radius 3 is 2.79 bits per heavy atom. The highest BCUT2D eigenvalue weighted by Gasteiger charge is 2.29. The van der Waals surface area contributed by atoms with Crippen molar-refractivity contribution in [1.29, 1.82) is 0 Å². The van der Waals surface area contributed by atoms with Gasteiger partial charge in [-0.15, -0.1) is 0 Å². The standard InChI is InChI=1S/C12H15FN2O3S/c1-15-7-11(6-12(15)16)14-19(17,18)8-9-3-2-4-10(13)5-9/h2-5,11,14H,6-8H2,1H3. The molecule has 1 atom stereocenters. The van der Waals surface area contributed by atoms with Gasteiger partial charge in [0.15, 0.2) is 0 Å². The Morgan fingerprint density at radius 2 is 2.21 bits per heavy atom. The topological polar surface area (TPSA) is 66.5 Å². The maximum Gasteiger partial charge on any atom is 0.224 e. The van der Waals surface area contributed by atoms with Gasteiger partial charge in [-0.25, -0.2) is 17.5 Å². The van der Waals surface area contributed by atoms with Gasteiger partial charge < -0.3 is 4.90 Å². The molecule has 0 aliphatic carbocycles. The van der Waals surface area contributed by atoms with Crippen LogP contribution in [0.1, 0.15) is 12.0 Å². The second-order valence-corrected chi connectivity index (χ2v) is 6.44. The van der Waals surface area contributed by atoms with Crippen molar-refractivity contribution in [1.82, 2.24) is 9.62 Å². The zero-order valence-corrected chi connectivity index (χ0v) is 11.3. The van der Waals surface area contributed by atoms with Crippen molar-refractivity contribution in [3.05, 3.63) is 35.6 Å². The molecule has 1 aromatic rings. The van der Waals surface area contributed by atoms with Crippen molar-refractivity contribution >= 4 is 15.9 Å². The quantitative estimate of drug-likeness (QED) is 0.875. The molecule has 1 N–H and O–H groups in total. The fraction of sp³-hybridized carbons (Fsp3) is 0.417. The molecule has 1 aromatic carbocycles. The monoisotopic (exact) mass is 286 g/mol. The van der Waals surface area contributed by atoms with Crippen molar-refractivity contribution < 1.29 is 17.6 Å². The average Bonchev–Trinajstić information content (AvgIpc) is 2.55. The summed E-state index contributed by atoms with van der Waals surface area (Å²) in [5, 5.41) is 0. The van der Waals surface area contributed by atoms with Crippen LogP contribution in [0.15, 0.2) is 24.3 Å². The normalized spacial score (nSPS) is 20.0. The number of benzene rings is 1. The minimum atomic E-state index is -3.58. The largest absolute Gasteiger partial charge is 0.344 e. The summed E-state index contributed by atoms with van der Waals surface area (Å²) in [6, 6.07) is 5.05. The van der Waals surface area contributed by atoms with Crippen LogP contribution in [0, 0.1) is 5.82 Å². The van der Waals surface area contributed by atoms with Crippen LogP contribution < -0.4 is 4.72 Å². The molecule has 5 nitrogen and oxygen atoms in total. The Kier molecular flexibility index (Phi) is 3.86. The van der Waals surface area contributed by atoms with Crippen LogP contribution in [-0.2, 0) is 20.6 Å². The van der Waals surface area contributed by atoms with E-state index in [-0.39, 0.29) is 18.1 Å². The van der Waals surface area contributed by atoms with Crippen molar-refractivity contribution in [2.45, 2.75) is 18.2 Å². The summed E-state index contributed by atoms with van der Waals surface area (Å²) >= 11 is 0. The molecule has 19 heavy (non-hydrogen) atoms. The molecule has 1 unspecified atom stereocenters. The van der Waals surface area contributed by atoms with Crippen LogP contribution >= 0.6 is 0 Å². The van der Waals surface area contributed by atoms with E-state index in [1.54, 1.807) is 13.1 Å². The maximum absolute atomic E-state index is 13.0. The van der Waals surface area contributed by atoms with Gasteiger partial charge in [-0.2, -0.15) is 0 Å². The second-order valence-electron chi connectivity index (χ2n) is 4.68. The number of likely N-dealkylation sites (tertiary alicyclic amines) is 1. The van der Waals surface area contributed by atoms with Gasteiger partial charge >= 0.3 is 0 Å². The molecule has 7 heteroatoms. The summed E-state index contributed by atoms with van der Waals surface area (Å²) in [6.45, 7) is 0.362. The number of amides is 1. The molecule has 0 aromatic heterocycles. The van der Waals surface area contributed by atoms with E-state index < -0.39 is 21.9 Å². The van der Waals surface area contributed by atoms with Gasteiger partial charge in [-0.05, 0) is 17.7 Å². The Bertz CT molecular complexity index is 588. The fourth-order valence-corrected chi connectivity index (χ4v) is 3.45. The number of sulfonamides is 1. The Labute approximate surface area is 111 Å². The van der Waals surface area contributed by atoms with Gasteiger partial charge in [0.1, 0.15) is 5.82 Å². The highest BCUT2D eigenvalue weighted by atomic mass is 32.2. The number of carbonyl (C=O) groups is 1. The first-order chi connectivity index (χ1) is 8.85. The van der Waals surface area contributed by atoms with Gasteiger partial charge in [0, 0.05) is 26.1 Å². The van der Waals surface area contributed by atoms with Crippen LogP contribution in [0.2, 0.25) is 0 Å². The molecule has 1 aliphatic rings. The molecule has 1 heterocycles. The number of likely N-dealkylation sites (N-methyl/N-ethyl adjacent to an activating group) is 1. The summed E-state index contributed by atoms with van der Waals surface area (Å²) in [7, 11) is -1.95. The molecule has 1 saturated heterocycles. The number of rotatable bonds is 4. The predicted molar refractivity (Wildman–Crippen MR) is 68.2 cm³/mol. The molecule has 1 aliphatic heterocycles. The molecule has 1 amide bonds. The van der Waals surface area contributed by atoms with Crippen molar-refractivity contribution in [3.63, 3.8) is 0 Å². The third-order valence-corrected chi connectivity index (χ3v) is 4.34. The van der Waals surface area contributed by atoms with E-state index in [4.69, 9.17) is 0 Å². The minimum Gasteiger partial charge on any atom is -0.344 e. The summed E-state index contributed by atoms with van der Waals surface area (Å²) in [5.74, 6) is -0.846. The first-order valence-corrected chi connectivity index (χ1v) is 7.49. The lowest BCUT2D eigenvalue weighted by Gasteiger charge is -2.12. The lowest BCUT2D eigenvalue weighted by Crippen LogP contribution is -2.37. The predicted octanol–water partition coefficient (Wildman–Crippen LogP) is 0.476. The highest BCUT2D eigenvalue weighted by Crippen LogP contribution is 2.12. The zero-order chi connectivity index (χ0) is 14.0. The molecule has 1 fully saturated rings. The molecule has 0 bridgehead atoms. The van der Waals surface area contributed by atoms with Gasteiger partial charge in [0.05, 0.1) is 5.75 Å². The van der Waals surface area contributed by atoms with E-state index in [9.17, 15) is 17.6 Å². The van der Waals surface area contributed by atoms with Crippen LogP contribution in [0.4, 0.5) is 4.39 Å². The van der Waals surface area contributed by atoms with Crippen molar-refractivity contribution in [2.24, 2.45) is 0 Å². The maximum atomic E-state index is 13.0. The van der Waals surface area contributed by atoms with Gasteiger partial charge in [-0.1, -0.05) is 12.1 Å². The molecule has 0 spiro atoms. The van der Waals surface area contributed by atoms with Crippen LogP contribution in [0.5, 0.6) is 0 Å².